The number of aromatic nitrogens is 2. The van der Waals surface area contributed by atoms with E-state index in [2.05, 4.69) is 15.6 Å². The Bertz CT molecular complexity index is 1290. The Balaban J connectivity index is 1.33. The van der Waals surface area contributed by atoms with Crippen LogP contribution in [0.1, 0.15) is 10.4 Å². The maximum absolute atomic E-state index is 13.0. The fraction of sp³-hybridized carbons (Fsp3) is 0.182. The molecule has 10 heteroatoms. The molecule has 4 rings (SSSR count). The molecule has 0 aliphatic heterocycles. The van der Waals surface area contributed by atoms with Gasteiger partial charge in [0.05, 0.1) is 18.8 Å². The van der Waals surface area contributed by atoms with E-state index < -0.39 is 0 Å². The van der Waals surface area contributed by atoms with E-state index in [9.17, 15) is 14.4 Å². The van der Waals surface area contributed by atoms with Gasteiger partial charge in [0.25, 0.3) is 11.5 Å². The first kappa shape index (κ1) is 21.7. The van der Waals surface area contributed by atoms with Gasteiger partial charge >= 0.3 is 0 Å². The lowest BCUT2D eigenvalue weighted by Gasteiger charge is -2.09. The Morgan fingerprint density at radius 1 is 1.09 bits per heavy atom. The number of thiophene rings is 2. The summed E-state index contributed by atoms with van der Waals surface area (Å²) in [6.07, 6.45) is 1.39. The number of nitrogens with one attached hydrogen (secondary N) is 2. The molecule has 0 saturated heterocycles. The van der Waals surface area contributed by atoms with Crippen LogP contribution in [0.15, 0.2) is 58.3 Å². The van der Waals surface area contributed by atoms with E-state index in [0.717, 1.165) is 10.4 Å². The Labute approximate surface area is 191 Å². The summed E-state index contributed by atoms with van der Waals surface area (Å²) in [5.74, 6) is 0.0906. The van der Waals surface area contributed by atoms with E-state index in [1.165, 1.54) is 22.2 Å². The van der Waals surface area contributed by atoms with Crippen LogP contribution in [0.25, 0.3) is 20.7 Å². The Morgan fingerprint density at radius 3 is 2.59 bits per heavy atom. The lowest BCUT2D eigenvalue weighted by Crippen LogP contribution is -2.37. The molecular weight excluding hydrogens is 448 g/mol. The highest BCUT2D eigenvalue weighted by Gasteiger charge is 2.15. The van der Waals surface area contributed by atoms with E-state index in [1.807, 2.05) is 22.9 Å². The van der Waals surface area contributed by atoms with E-state index in [4.69, 9.17) is 4.74 Å². The zero-order valence-corrected chi connectivity index (χ0v) is 18.8. The lowest BCUT2D eigenvalue weighted by atomic mass is 10.2. The minimum absolute atomic E-state index is 0.145. The number of methoxy groups -OCH3 is 1. The molecule has 8 nitrogen and oxygen atoms in total. The first-order chi connectivity index (χ1) is 15.6. The number of hydrogen-bond acceptors (Lipinski definition) is 7. The second-order valence-corrected chi connectivity index (χ2v) is 8.62. The molecule has 0 bridgehead atoms. The monoisotopic (exact) mass is 468 g/mol. The number of amides is 2. The van der Waals surface area contributed by atoms with Crippen LogP contribution in [-0.4, -0.2) is 41.6 Å². The van der Waals surface area contributed by atoms with Crippen molar-refractivity contribution in [1.82, 2.24) is 20.2 Å². The van der Waals surface area contributed by atoms with Gasteiger partial charge in [0, 0.05) is 34.5 Å². The Morgan fingerprint density at radius 2 is 1.88 bits per heavy atom. The maximum Gasteiger partial charge on any atom is 0.263 e. The highest BCUT2D eigenvalue weighted by molar-refractivity contribution is 7.18. The minimum Gasteiger partial charge on any atom is -0.497 e. The summed E-state index contributed by atoms with van der Waals surface area (Å²) in [4.78, 5) is 43.4. The number of fused-ring (bicyclic) bond motifs is 1. The second-order valence-electron chi connectivity index (χ2n) is 6.82. The number of carbonyl (C=O) groups is 2. The fourth-order valence-electron chi connectivity index (χ4n) is 3.13. The highest BCUT2D eigenvalue weighted by atomic mass is 32.1. The number of hydrogen-bond donors (Lipinski definition) is 2. The molecule has 0 radical (unpaired) electrons. The van der Waals surface area contributed by atoms with Crippen LogP contribution in [0.3, 0.4) is 0 Å². The highest BCUT2D eigenvalue weighted by Crippen LogP contribution is 2.33. The third-order valence-corrected chi connectivity index (χ3v) is 6.54. The van der Waals surface area contributed by atoms with Crippen molar-refractivity contribution in [3.63, 3.8) is 0 Å². The van der Waals surface area contributed by atoms with Crippen molar-refractivity contribution in [2.45, 2.75) is 6.54 Å². The third-order valence-electron chi connectivity index (χ3n) is 4.75. The standard InChI is InChI=1S/C22H20N4O4S2/c1-30-15-6-4-14(5-7-15)20(28)24-9-8-23-18(27)11-26-13-25-21-19(22(26)29)16(12-32-21)17-3-2-10-31-17/h2-7,10,12-13H,8-9,11H2,1H3,(H,23,27)(H,24,28). The smallest absolute Gasteiger partial charge is 0.263 e. The third kappa shape index (κ3) is 4.71. The van der Waals surface area contributed by atoms with E-state index in [0.29, 0.717) is 21.5 Å². The molecule has 3 aromatic heterocycles. The van der Waals surface area contributed by atoms with Gasteiger partial charge < -0.3 is 15.4 Å². The van der Waals surface area contributed by atoms with Crippen molar-refractivity contribution in [3.8, 4) is 16.2 Å². The van der Waals surface area contributed by atoms with Gasteiger partial charge in [-0.15, -0.1) is 22.7 Å². The van der Waals surface area contributed by atoms with Crippen LogP contribution in [0.5, 0.6) is 5.75 Å². The lowest BCUT2D eigenvalue weighted by molar-refractivity contribution is -0.121. The van der Waals surface area contributed by atoms with Gasteiger partial charge in [0.15, 0.2) is 0 Å². The normalized spacial score (nSPS) is 10.8. The molecular formula is C22H20N4O4S2. The SMILES string of the molecule is COc1ccc(C(=O)NCCNC(=O)Cn2cnc3scc(-c4cccs4)c3c2=O)cc1. The quantitative estimate of drug-likeness (QED) is 0.387. The number of rotatable bonds is 8. The molecule has 0 aliphatic carbocycles. The predicted octanol–water partition coefficient (Wildman–Crippen LogP) is 2.74. The minimum atomic E-state index is -0.333. The van der Waals surface area contributed by atoms with Crippen LogP contribution in [0.4, 0.5) is 0 Å². The van der Waals surface area contributed by atoms with Gasteiger partial charge in [-0.25, -0.2) is 4.98 Å². The van der Waals surface area contributed by atoms with Crippen molar-refractivity contribution in [3.05, 3.63) is 69.4 Å². The van der Waals surface area contributed by atoms with Gasteiger partial charge in [-0.05, 0) is 35.7 Å². The second kappa shape index (κ2) is 9.75. The molecule has 2 N–H and O–H groups in total. The molecule has 0 fully saturated rings. The fourth-order valence-corrected chi connectivity index (χ4v) is 4.85. The summed E-state index contributed by atoms with van der Waals surface area (Å²) in [5.41, 5.74) is 1.09. The predicted molar refractivity (Wildman–Crippen MR) is 126 cm³/mol. The number of carbonyl (C=O) groups excluding carboxylic acids is 2. The topological polar surface area (TPSA) is 102 Å². The molecule has 2 amide bonds. The van der Waals surface area contributed by atoms with Crippen LogP contribution >= 0.6 is 22.7 Å². The van der Waals surface area contributed by atoms with Crippen molar-refractivity contribution < 1.29 is 14.3 Å². The van der Waals surface area contributed by atoms with Gasteiger partial charge in [0.1, 0.15) is 17.1 Å². The number of ether oxygens (including phenoxy) is 1. The summed E-state index contributed by atoms with van der Waals surface area (Å²) in [6, 6.07) is 10.6. The number of nitrogens with zero attached hydrogens (tertiary/aromatic N) is 2. The summed E-state index contributed by atoms with van der Waals surface area (Å²) in [7, 11) is 1.56. The summed E-state index contributed by atoms with van der Waals surface area (Å²) in [5, 5.41) is 9.85. The van der Waals surface area contributed by atoms with Crippen LogP contribution < -0.4 is 20.9 Å². The summed E-state index contributed by atoms with van der Waals surface area (Å²) >= 11 is 2.96. The molecule has 0 unspecified atom stereocenters. The van der Waals surface area contributed by atoms with Gasteiger partial charge in [-0.2, -0.15) is 0 Å². The average molecular weight is 469 g/mol. The molecule has 1 aromatic carbocycles. The summed E-state index contributed by atoms with van der Waals surface area (Å²) < 4.78 is 6.37. The molecule has 0 saturated carbocycles. The van der Waals surface area contributed by atoms with E-state index in [1.54, 1.807) is 42.7 Å². The maximum atomic E-state index is 13.0. The van der Waals surface area contributed by atoms with Crippen molar-refractivity contribution in [2.24, 2.45) is 0 Å². The van der Waals surface area contributed by atoms with Gasteiger partial charge in [-0.1, -0.05) is 6.07 Å². The zero-order valence-electron chi connectivity index (χ0n) is 17.2. The molecule has 3 heterocycles. The molecule has 32 heavy (non-hydrogen) atoms. The largest absolute Gasteiger partial charge is 0.497 e. The molecule has 4 aromatic rings. The Kier molecular flexibility index (Phi) is 6.62. The molecule has 0 spiro atoms. The first-order valence-electron chi connectivity index (χ1n) is 9.76. The van der Waals surface area contributed by atoms with Crippen LogP contribution in [0, 0.1) is 0 Å². The van der Waals surface area contributed by atoms with Crippen molar-refractivity contribution in [1.29, 1.82) is 0 Å². The van der Waals surface area contributed by atoms with Crippen LogP contribution in [-0.2, 0) is 11.3 Å². The molecule has 164 valence electrons. The Hall–Kier alpha value is -3.50. The average Bonchev–Trinajstić information content (AvgIpc) is 3.48. The van der Waals surface area contributed by atoms with Crippen molar-refractivity contribution in [2.75, 3.05) is 20.2 Å². The zero-order chi connectivity index (χ0) is 22.5. The summed E-state index contributed by atoms with van der Waals surface area (Å²) in [6.45, 7) is 0.355. The number of benzene rings is 1. The van der Waals surface area contributed by atoms with E-state index >= 15 is 0 Å². The van der Waals surface area contributed by atoms with Crippen LogP contribution in [0.2, 0.25) is 0 Å². The van der Waals surface area contributed by atoms with Crippen molar-refractivity contribution >= 4 is 44.7 Å². The van der Waals surface area contributed by atoms with Gasteiger partial charge in [0.2, 0.25) is 5.91 Å². The first-order valence-corrected chi connectivity index (χ1v) is 11.5. The van der Waals surface area contributed by atoms with Gasteiger partial charge in [-0.3, -0.25) is 19.0 Å². The molecule has 0 atom stereocenters. The van der Waals surface area contributed by atoms with E-state index in [-0.39, 0.29) is 37.0 Å². The molecule has 0 aliphatic rings.